The van der Waals surface area contributed by atoms with Gasteiger partial charge in [-0.25, -0.2) is 4.98 Å². The van der Waals surface area contributed by atoms with Crippen molar-refractivity contribution in [3.63, 3.8) is 0 Å². The summed E-state index contributed by atoms with van der Waals surface area (Å²) in [6.07, 6.45) is 6.45. The summed E-state index contributed by atoms with van der Waals surface area (Å²) in [4.78, 5) is 21.1. The van der Waals surface area contributed by atoms with Gasteiger partial charge in [-0.2, -0.15) is 11.8 Å². The van der Waals surface area contributed by atoms with Gasteiger partial charge in [0.15, 0.2) is 0 Å². The Morgan fingerprint density at radius 2 is 2.25 bits per heavy atom. The average molecular weight is 296 g/mol. The molecule has 1 aliphatic heterocycles. The van der Waals surface area contributed by atoms with E-state index < -0.39 is 0 Å². The van der Waals surface area contributed by atoms with Crippen LogP contribution in [-0.2, 0) is 11.8 Å². The predicted octanol–water partition coefficient (Wildman–Crippen LogP) is 1.38. The molecular weight excluding hydrogens is 272 g/mol. The van der Waals surface area contributed by atoms with Crippen LogP contribution in [0.2, 0.25) is 0 Å². The normalized spacial score (nSPS) is 22.0. The van der Waals surface area contributed by atoms with Crippen molar-refractivity contribution >= 4 is 17.7 Å². The average Bonchev–Trinajstić information content (AvgIpc) is 2.85. The van der Waals surface area contributed by atoms with Crippen LogP contribution in [0.15, 0.2) is 12.4 Å². The Morgan fingerprint density at radius 1 is 1.50 bits per heavy atom. The standard InChI is InChI=1S/C14H24N4OS/c1-11(20-4)9-13(19)18-8-7-16(2)12(10-18)14-15-5-6-17(14)3/h5-6,11-12H,7-10H2,1-4H3/t11-,12+/m0/s1. The van der Waals surface area contributed by atoms with Gasteiger partial charge < -0.3 is 9.47 Å². The van der Waals surface area contributed by atoms with Crippen LogP contribution in [0.1, 0.15) is 25.2 Å². The van der Waals surface area contributed by atoms with Crippen LogP contribution in [0.25, 0.3) is 0 Å². The minimum atomic E-state index is 0.192. The van der Waals surface area contributed by atoms with E-state index in [1.165, 1.54) is 0 Å². The zero-order chi connectivity index (χ0) is 14.7. The van der Waals surface area contributed by atoms with Crippen LogP contribution >= 0.6 is 11.8 Å². The summed E-state index contributed by atoms with van der Waals surface area (Å²) in [6, 6.07) is 0.192. The van der Waals surface area contributed by atoms with Crippen molar-refractivity contribution in [2.75, 3.05) is 32.9 Å². The molecule has 1 aromatic heterocycles. The Balaban J connectivity index is 2.05. The van der Waals surface area contributed by atoms with Crippen LogP contribution in [0.3, 0.4) is 0 Å². The molecule has 0 saturated carbocycles. The number of nitrogens with zero attached hydrogens (tertiary/aromatic N) is 4. The van der Waals surface area contributed by atoms with Crippen molar-refractivity contribution < 1.29 is 4.79 Å². The maximum atomic E-state index is 12.3. The second-order valence-electron chi connectivity index (χ2n) is 5.48. The maximum Gasteiger partial charge on any atom is 0.223 e. The number of aromatic nitrogens is 2. The van der Waals surface area contributed by atoms with Gasteiger partial charge in [0, 0.05) is 50.7 Å². The number of imidazole rings is 1. The Labute approximate surface area is 125 Å². The van der Waals surface area contributed by atoms with E-state index in [0.717, 1.165) is 25.5 Å². The molecule has 0 aliphatic carbocycles. The monoisotopic (exact) mass is 296 g/mol. The minimum Gasteiger partial charge on any atom is -0.339 e. The Morgan fingerprint density at radius 3 is 2.85 bits per heavy atom. The molecule has 2 rings (SSSR count). The molecule has 0 bridgehead atoms. The first-order valence-corrected chi connectivity index (χ1v) is 8.29. The Bertz CT molecular complexity index is 462. The van der Waals surface area contributed by atoms with Crippen LogP contribution in [-0.4, -0.2) is 63.4 Å². The first kappa shape index (κ1) is 15.4. The van der Waals surface area contributed by atoms with E-state index in [1.807, 2.05) is 28.9 Å². The largest absolute Gasteiger partial charge is 0.339 e. The molecule has 0 spiro atoms. The van der Waals surface area contributed by atoms with E-state index in [4.69, 9.17) is 0 Å². The van der Waals surface area contributed by atoms with Gasteiger partial charge in [-0.3, -0.25) is 9.69 Å². The molecule has 0 radical (unpaired) electrons. The second-order valence-corrected chi connectivity index (χ2v) is 6.76. The van der Waals surface area contributed by atoms with Gasteiger partial charge in [-0.15, -0.1) is 0 Å². The van der Waals surface area contributed by atoms with Crippen LogP contribution in [0.5, 0.6) is 0 Å². The molecule has 2 heterocycles. The number of amides is 1. The zero-order valence-electron chi connectivity index (χ0n) is 12.7. The van der Waals surface area contributed by atoms with Crippen LogP contribution in [0, 0.1) is 0 Å². The first-order valence-electron chi connectivity index (χ1n) is 7.01. The summed E-state index contributed by atoms with van der Waals surface area (Å²) in [5.74, 6) is 1.29. The third-order valence-electron chi connectivity index (χ3n) is 4.02. The molecular formula is C14H24N4OS. The SMILES string of the molecule is CS[C@@H](C)CC(=O)N1CCN(C)[C@@H](c2nccn2C)C1. The number of piperazine rings is 1. The summed E-state index contributed by atoms with van der Waals surface area (Å²) in [5, 5.41) is 0.383. The highest BCUT2D eigenvalue weighted by Gasteiger charge is 2.30. The molecule has 0 N–H and O–H groups in total. The lowest BCUT2D eigenvalue weighted by molar-refractivity contribution is -0.134. The molecule has 1 aromatic rings. The van der Waals surface area contributed by atoms with Crippen LogP contribution in [0.4, 0.5) is 0 Å². The van der Waals surface area contributed by atoms with Gasteiger partial charge in [0.1, 0.15) is 5.82 Å². The van der Waals surface area contributed by atoms with E-state index >= 15 is 0 Å². The molecule has 0 aromatic carbocycles. The Hall–Kier alpha value is -1.01. The highest BCUT2D eigenvalue weighted by molar-refractivity contribution is 7.99. The Kier molecular flexibility index (Phi) is 5.10. The lowest BCUT2D eigenvalue weighted by Crippen LogP contribution is -2.49. The summed E-state index contributed by atoms with van der Waals surface area (Å²) in [7, 11) is 4.11. The van der Waals surface area contributed by atoms with Crippen molar-refractivity contribution in [1.82, 2.24) is 19.4 Å². The van der Waals surface area contributed by atoms with Crippen molar-refractivity contribution in [2.24, 2.45) is 7.05 Å². The van der Waals surface area contributed by atoms with Crippen molar-refractivity contribution in [2.45, 2.75) is 24.6 Å². The molecule has 1 fully saturated rings. The number of hydrogen-bond donors (Lipinski definition) is 0. The third kappa shape index (κ3) is 3.35. The fourth-order valence-corrected chi connectivity index (χ4v) is 2.84. The second kappa shape index (κ2) is 6.63. The number of rotatable bonds is 4. The summed E-state index contributed by atoms with van der Waals surface area (Å²) in [6.45, 7) is 4.56. The number of carbonyl (C=O) groups excluding carboxylic acids is 1. The van der Waals surface area contributed by atoms with Crippen molar-refractivity contribution in [3.05, 3.63) is 18.2 Å². The highest BCUT2D eigenvalue weighted by atomic mass is 32.2. The van der Waals surface area contributed by atoms with Gasteiger partial charge in [-0.1, -0.05) is 6.92 Å². The molecule has 1 aliphatic rings. The third-order valence-corrected chi connectivity index (χ3v) is 4.99. The molecule has 5 nitrogen and oxygen atoms in total. The number of thioether (sulfide) groups is 1. The first-order chi connectivity index (χ1) is 9.52. The van der Waals surface area contributed by atoms with Crippen molar-refractivity contribution in [3.8, 4) is 0 Å². The zero-order valence-corrected chi connectivity index (χ0v) is 13.6. The van der Waals surface area contributed by atoms with Crippen molar-refractivity contribution in [1.29, 1.82) is 0 Å². The minimum absolute atomic E-state index is 0.192. The molecule has 1 amide bonds. The number of hydrogen-bond acceptors (Lipinski definition) is 4. The lowest BCUT2D eigenvalue weighted by atomic mass is 10.1. The molecule has 6 heteroatoms. The number of likely N-dealkylation sites (N-methyl/N-ethyl adjacent to an activating group) is 1. The van der Waals surface area contributed by atoms with Crippen LogP contribution < -0.4 is 0 Å². The smallest absolute Gasteiger partial charge is 0.223 e. The molecule has 112 valence electrons. The topological polar surface area (TPSA) is 41.4 Å². The van der Waals surface area contributed by atoms with Gasteiger partial charge in [0.2, 0.25) is 5.91 Å². The van der Waals surface area contributed by atoms with E-state index in [9.17, 15) is 4.79 Å². The summed E-state index contributed by atoms with van der Waals surface area (Å²) < 4.78 is 2.04. The predicted molar refractivity (Wildman–Crippen MR) is 82.8 cm³/mol. The van der Waals surface area contributed by atoms with Gasteiger partial charge >= 0.3 is 0 Å². The molecule has 2 atom stereocenters. The van der Waals surface area contributed by atoms with Gasteiger partial charge in [-0.05, 0) is 13.3 Å². The van der Waals surface area contributed by atoms with Gasteiger partial charge in [0.25, 0.3) is 0 Å². The summed E-state index contributed by atoms with van der Waals surface area (Å²) in [5.41, 5.74) is 0. The fourth-order valence-electron chi connectivity index (χ4n) is 2.54. The quantitative estimate of drug-likeness (QED) is 0.842. The number of carbonyl (C=O) groups is 1. The van der Waals surface area contributed by atoms with Gasteiger partial charge in [0.05, 0.1) is 6.04 Å². The van der Waals surface area contributed by atoms with E-state index in [0.29, 0.717) is 11.7 Å². The van der Waals surface area contributed by atoms with E-state index in [2.05, 4.69) is 30.1 Å². The number of aryl methyl sites for hydroxylation is 1. The lowest BCUT2D eigenvalue weighted by Gasteiger charge is -2.39. The maximum absolute atomic E-state index is 12.3. The molecule has 0 unspecified atom stereocenters. The van der Waals surface area contributed by atoms with E-state index in [-0.39, 0.29) is 11.9 Å². The molecule has 1 saturated heterocycles. The summed E-state index contributed by atoms with van der Waals surface area (Å²) >= 11 is 1.74. The highest BCUT2D eigenvalue weighted by Crippen LogP contribution is 2.23. The fraction of sp³-hybridized carbons (Fsp3) is 0.714. The molecule has 20 heavy (non-hydrogen) atoms. The van der Waals surface area contributed by atoms with E-state index in [1.54, 1.807) is 11.8 Å².